The van der Waals surface area contributed by atoms with Gasteiger partial charge in [0.25, 0.3) is 0 Å². The highest BCUT2D eigenvalue weighted by Gasteiger charge is 2.48. The molecule has 6 heteroatoms. The van der Waals surface area contributed by atoms with Crippen molar-refractivity contribution in [2.75, 3.05) is 30.3 Å². The largest absolute Gasteiger partial charge is 0.288 e. The lowest BCUT2D eigenvalue weighted by molar-refractivity contribution is 0.0948. The summed E-state index contributed by atoms with van der Waals surface area (Å²) in [5, 5.41) is -0.0688. The number of hydrogen-bond acceptors (Lipinski definition) is 3. The first-order valence-electron chi connectivity index (χ1n) is 9.81. The lowest BCUT2D eigenvalue weighted by Gasteiger charge is -2.34. The second-order valence-electron chi connectivity index (χ2n) is 8.49. The number of hydrogen-bond donors (Lipinski definition) is 0. The predicted molar refractivity (Wildman–Crippen MR) is 116 cm³/mol. The van der Waals surface area contributed by atoms with E-state index in [1.54, 1.807) is 4.31 Å². The standard InChI is InChI=1S/C21H34NO3S2/c1-6-7-16-27(24,25)22-12-14-26(15-13-22)20(21(3,4)5)19(23)18-10-8-17(2)9-11-18/h8-11,20H,6-7,12-16H2,1-5H3/q+1. The van der Waals surface area contributed by atoms with Crippen molar-refractivity contribution in [3.8, 4) is 0 Å². The van der Waals surface area contributed by atoms with Crippen LogP contribution < -0.4 is 0 Å². The van der Waals surface area contributed by atoms with Gasteiger partial charge in [0, 0.05) is 21.9 Å². The lowest BCUT2D eigenvalue weighted by atomic mass is 9.87. The molecule has 0 aromatic heterocycles. The number of benzene rings is 1. The van der Waals surface area contributed by atoms with Crippen LogP contribution in [0.2, 0.25) is 0 Å². The monoisotopic (exact) mass is 412 g/mol. The zero-order valence-corrected chi connectivity index (χ0v) is 19.0. The average Bonchev–Trinajstić information content (AvgIpc) is 2.60. The molecule has 1 unspecified atom stereocenters. The van der Waals surface area contributed by atoms with Gasteiger partial charge in [-0.1, -0.05) is 63.9 Å². The highest BCUT2D eigenvalue weighted by molar-refractivity contribution is 7.98. The Kier molecular flexibility index (Phi) is 7.56. The molecule has 0 radical (unpaired) electrons. The summed E-state index contributed by atoms with van der Waals surface area (Å²) in [5.74, 6) is 2.01. The van der Waals surface area contributed by atoms with Gasteiger partial charge in [0.1, 0.15) is 11.5 Å². The molecule has 4 nitrogen and oxygen atoms in total. The van der Waals surface area contributed by atoms with Crippen LogP contribution in [0.1, 0.15) is 56.5 Å². The number of nitrogens with zero attached hydrogens (tertiary/aromatic N) is 1. The van der Waals surface area contributed by atoms with Gasteiger partial charge < -0.3 is 0 Å². The number of aryl methyl sites for hydroxylation is 1. The van der Waals surface area contributed by atoms with E-state index in [-0.39, 0.29) is 33.1 Å². The minimum absolute atomic E-state index is 0.0688. The van der Waals surface area contributed by atoms with E-state index in [1.807, 2.05) is 38.1 Å². The van der Waals surface area contributed by atoms with Crippen molar-refractivity contribution in [1.29, 1.82) is 0 Å². The molecule has 1 fully saturated rings. The number of Topliss-reactive ketones (excluding diaryl/α,β-unsaturated/α-hetero) is 1. The first-order chi connectivity index (χ1) is 12.6. The molecule has 2 rings (SSSR count). The topological polar surface area (TPSA) is 54.5 Å². The maximum absolute atomic E-state index is 13.3. The van der Waals surface area contributed by atoms with Crippen LogP contribution in [0.25, 0.3) is 0 Å². The smallest absolute Gasteiger partial charge is 0.215 e. The van der Waals surface area contributed by atoms with Crippen molar-refractivity contribution < 1.29 is 13.2 Å². The summed E-state index contributed by atoms with van der Waals surface area (Å²) in [6, 6.07) is 7.81. The molecule has 0 spiro atoms. The van der Waals surface area contributed by atoms with Crippen LogP contribution in [0.15, 0.2) is 24.3 Å². The minimum Gasteiger partial charge on any atom is -0.288 e. The van der Waals surface area contributed by atoms with Crippen LogP contribution in [0, 0.1) is 12.3 Å². The van der Waals surface area contributed by atoms with Gasteiger partial charge in [-0.05, 0) is 13.3 Å². The molecular weight excluding hydrogens is 378 g/mol. The summed E-state index contributed by atoms with van der Waals surface area (Å²) in [7, 11) is -3.26. The molecule has 152 valence electrons. The molecule has 0 N–H and O–H groups in total. The molecule has 0 bridgehead atoms. The third-order valence-corrected chi connectivity index (χ3v) is 10.0. The predicted octanol–water partition coefficient (Wildman–Crippen LogP) is 3.66. The molecule has 1 aromatic carbocycles. The third-order valence-electron chi connectivity index (χ3n) is 5.05. The second-order valence-corrected chi connectivity index (χ2v) is 12.9. The quantitative estimate of drug-likeness (QED) is 0.507. The molecule has 1 heterocycles. The van der Waals surface area contributed by atoms with Gasteiger partial charge in [0.15, 0.2) is 5.25 Å². The molecular formula is C21H34NO3S2+. The van der Waals surface area contributed by atoms with Crippen molar-refractivity contribution in [3.63, 3.8) is 0 Å². The van der Waals surface area contributed by atoms with E-state index in [0.29, 0.717) is 19.5 Å². The van der Waals surface area contributed by atoms with Gasteiger partial charge in [0.05, 0.1) is 18.8 Å². The number of carbonyl (C=O) groups is 1. The number of sulfonamides is 1. The number of carbonyl (C=O) groups excluding carboxylic acids is 1. The molecule has 1 atom stereocenters. The van der Waals surface area contributed by atoms with Crippen LogP contribution in [-0.2, 0) is 20.9 Å². The van der Waals surface area contributed by atoms with Crippen LogP contribution in [0.3, 0.4) is 0 Å². The van der Waals surface area contributed by atoms with Gasteiger partial charge in [-0.15, -0.1) is 0 Å². The molecule has 1 aromatic rings. The van der Waals surface area contributed by atoms with Gasteiger partial charge in [-0.3, -0.25) is 4.79 Å². The fourth-order valence-corrected chi connectivity index (χ4v) is 8.44. The van der Waals surface area contributed by atoms with Crippen LogP contribution in [0.5, 0.6) is 0 Å². The van der Waals surface area contributed by atoms with Crippen molar-refractivity contribution in [1.82, 2.24) is 4.31 Å². The van der Waals surface area contributed by atoms with Crippen LogP contribution >= 0.6 is 0 Å². The summed E-state index contributed by atoms with van der Waals surface area (Å²) >= 11 is 0. The minimum atomic E-state index is -3.15. The first-order valence-corrected chi connectivity index (χ1v) is 13.0. The van der Waals surface area contributed by atoms with E-state index in [2.05, 4.69) is 20.8 Å². The van der Waals surface area contributed by atoms with E-state index >= 15 is 0 Å². The zero-order chi connectivity index (χ0) is 20.2. The van der Waals surface area contributed by atoms with Crippen LogP contribution in [0.4, 0.5) is 0 Å². The van der Waals surface area contributed by atoms with Crippen LogP contribution in [-0.4, -0.2) is 54.1 Å². The Labute approximate surface area is 168 Å². The summed E-state index contributed by atoms with van der Waals surface area (Å²) < 4.78 is 26.6. The molecule has 1 aliphatic rings. The molecule has 0 amide bonds. The molecule has 27 heavy (non-hydrogen) atoms. The van der Waals surface area contributed by atoms with Crippen molar-refractivity contribution in [2.24, 2.45) is 5.41 Å². The van der Waals surface area contributed by atoms with Gasteiger partial charge in [0.2, 0.25) is 15.8 Å². The fraction of sp³-hybridized carbons (Fsp3) is 0.667. The highest BCUT2D eigenvalue weighted by Crippen LogP contribution is 2.32. The van der Waals surface area contributed by atoms with E-state index in [9.17, 15) is 13.2 Å². The van der Waals surface area contributed by atoms with Gasteiger partial charge >= 0.3 is 0 Å². The molecule has 0 saturated carbocycles. The Balaban J connectivity index is 2.13. The Morgan fingerprint density at radius 1 is 1.15 bits per heavy atom. The second kappa shape index (κ2) is 9.10. The summed E-state index contributed by atoms with van der Waals surface area (Å²) in [6.45, 7) is 11.5. The fourth-order valence-electron chi connectivity index (χ4n) is 3.54. The highest BCUT2D eigenvalue weighted by atomic mass is 32.2. The number of unbranched alkanes of at least 4 members (excludes halogenated alkanes) is 1. The Morgan fingerprint density at radius 2 is 1.70 bits per heavy atom. The summed E-state index contributed by atoms with van der Waals surface area (Å²) in [6.07, 6.45) is 1.59. The summed E-state index contributed by atoms with van der Waals surface area (Å²) in [4.78, 5) is 13.3. The van der Waals surface area contributed by atoms with Crippen molar-refractivity contribution in [2.45, 2.75) is 52.7 Å². The maximum Gasteiger partial charge on any atom is 0.215 e. The molecule has 0 aliphatic carbocycles. The number of ketones is 1. The van der Waals surface area contributed by atoms with Crippen molar-refractivity contribution >= 4 is 26.7 Å². The normalized spacial score (nSPS) is 18.4. The Bertz CT molecular complexity index is 728. The van der Waals surface area contributed by atoms with E-state index in [0.717, 1.165) is 29.1 Å². The SMILES string of the molecule is CCCCS(=O)(=O)N1CC[S+](C(C(=O)c2ccc(C)cc2)C(C)(C)C)CC1. The maximum atomic E-state index is 13.3. The van der Waals surface area contributed by atoms with Crippen molar-refractivity contribution in [3.05, 3.63) is 35.4 Å². The lowest BCUT2D eigenvalue weighted by Crippen LogP contribution is -2.52. The Hall–Kier alpha value is -0.850. The van der Waals surface area contributed by atoms with E-state index < -0.39 is 10.0 Å². The van der Waals surface area contributed by atoms with E-state index in [4.69, 9.17) is 0 Å². The average molecular weight is 413 g/mol. The number of rotatable bonds is 7. The van der Waals surface area contributed by atoms with Gasteiger partial charge in [-0.2, -0.15) is 4.31 Å². The Morgan fingerprint density at radius 3 is 2.19 bits per heavy atom. The molecule has 1 aliphatic heterocycles. The third kappa shape index (κ3) is 5.81. The van der Waals surface area contributed by atoms with Gasteiger partial charge in [-0.25, -0.2) is 8.42 Å². The first kappa shape index (κ1) is 22.4. The van der Waals surface area contributed by atoms with E-state index in [1.165, 1.54) is 0 Å². The molecule has 1 saturated heterocycles. The zero-order valence-electron chi connectivity index (χ0n) is 17.3. The summed E-state index contributed by atoms with van der Waals surface area (Å²) in [5.41, 5.74) is 1.77.